The number of hydrogen-bond acceptors (Lipinski definition) is 13. The van der Waals surface area contributed by atoms with Gasteiger partial charge >= 0.3 is 29.8 Å². The van der Waals surface area contributed by atoms with E-state index < -0.39 is 70.1 Å². The Balaban J connectivity index is 6.68. The molecule has 1 radical (unpaired) electrons. The summed E-state index contributed by atoms with van der Waals surface area (Å²) in [6.45, 7) is 30.6. The maximum Gasteiger partial charge on any atom is 0.320 e. The van der Waals surface area contributed by atoms with Crippen LogP contribution in [0.25, 0.3) is 0 Å². The Hall–Kier alpha value is -2.77. The zero-order valence-electron chi connectivity index (χ0n) is 32.5. The summed E-state index contributed by atoms with van der Waals surface area (Å²) >= 11 is 0. The highest BCUT2D eigenvalue weighted by molar-refractivity contribution is 5.76. The highest BCUT2D eigenvalue weighted by Gasteiger charge is 2.34. The first kappa shape index (κ1) is 45.2. The van der Waals surface area contributed by atoms with E-state index in [1.807, 2.05) is 0 Å². The van der Waals surface area contributed by atoms with Gasteiger partial charge in [0, 0.05) is 12.6 Å². The van der Waals surface area contributed by atoms with Crippen molar-refractivity contribution < 1.29 is 47.7 Å². The Bertz CT molecular complexity index is 1030. The number of carbonyl (C=O) groups is 5. The van der Waals surface area contributed by atoms with Gasteiger partial charge in [-0.2, -0.15) is 0 Å². The maximum atomic E-state index is 13.2. The van der Waals surface area contributed by atoms with Gasteiger partial charge in [-0.3, -0.25) is 38.7 Å². The first-order chi connectivity index (χ1) is 21.2. The molecular formula is C35H64N3O10. The first-order valence-corrected chi connectivity index (χ1v) is 16.4. The molecule has 2 atom stereocenters. The minimum atomic E-state index is -0.968. The molecule has 0 spiro atoms. The molecule has 0 saturated carbocycles. The number of carbonyl (C=O) groups excluding carboxylic acids is 5. The molecule has 2 unspecified atom stereocenters. The van der Waals surface area contributed by atoms with Gasteiger partial charge in [0.15, 0.2) is 0 Å². The van der Waals surface area contributed by atoms with Crippen molar-refractivity contribution in [3.8, 4) is 0 Å². The summed E-state index contributed by atoms with van der Waals surface area (Å²) in [7, 11) is 0. The van der Waals surface area contributed by atoms with Crippen LogP contribution in [0.3, 0.4) is 0 Å². The average Bonchev–Trinajstić information content (AvgIpc) is 2.76. The van der Waals surface area contributed by atoms with Gasteiger partial charge in [0.25, 0.3) is 0 Å². The van der Waals surface area contributed by atoms with E-state index in [2.05, 4.69) is 6.92 Å². The van der Waals surface area contributed by atoms with Gasteiger partial charge < -0.3 is 23.7 Å². The van der Waals surface area contributed by atoms with E-state index >= 15 is 0 Å². The number of ether oxygens (including phenoxy) is 5. The third-order valence-corrected chi connectivity index (χ3v) is 5.73. The molecule has 0 aliphatic rings. The molecule has 0 aromatic heterocycles. The molecule has 0 rings (SSSR count). The molecule has 0 amide bonds. The molecule has 0 bridgehead atoms. The van der Waals surface area contributed by atoms with Crippen LogP contribution < -0.4 is 0 Å². The van der Waals surface area contributed by atoms with Crippen LogP contribution in [0.4, 0.5) is 0 Å². The van der Waals surface area contributed by atoms with Crippen LogP contribution >= 0.6 is 0 Å². The van der Waals surface area contributed by atoms with Gasteiger partial charge in [-0.15, -0.1) is 0 Å². The van der Waals surface area contributed by atoms with Gasteiger partial charge in [0.2, 0.25) is 0 Å². The lowest BCUT2D eigenvalue weighted by atomic mass is 10.2. The highest BCUT2D eigenvalue weighted by Crippen LogP contribution is 2.17. The summed E-state index contributed by atoms with van der Waals surface area (Å²) in [6, 6.07) is -0.568. The van der Waals surface area contributed by atoms with Crippen molar-refractivity contribution in [2.24, 2.45) is 0 Å². The lowest BCUT2D eigenvalue weighted by Crippen LogP contribution is -2.57. The van der Waals surface area contributed by atoms with E-state index in [1.165, 1.54) is 4.90 Å². The summed E-state index contributed by atoms with van der Waals surface area (Å²) in [5.41, 5.74) is -3.90. The van der Waals surface area contributed by atoms with Crippen molar-refractivity contribution in [3.05, 3.63) is 6.92 Å². The van der Waals surface area contributed by atoms with Crippen LogP contribution in [0.1, 0.15) is 111 Å². The van der Waals surface area contributed by atoms with Crippen molar-refractivity contribution in [2.45, 2.75) is 151 Å². The second-order valence-corrected chi connectivity index (χ2v) is 17.0. The first-order valence-electron chi connectivity index (χ1n) is 16.4. The van der Waals surface area contributed by atoms with Gasteiger partial charge in [-0.05, 0) is 118 Å². The van der Waals surface area contributed by atoms with E-state index in [0.717, 1.165) is 0 Å². The zero-order chi connectivity index (χ0) is 38.1. The Labute approximate surface area is 289 Å². The topological polar surface area (TPSA) is 141 Å². The van der Waals surface area contributed by atoms with Crippen molar-refractivity contribution in [1.29, 1.82) is 0 Å². The molecule has 48 heavy (non-hydrogen) atoms. The minimum Gasteiger partial charge on any atom is -0.459 e. The smallest absolute Gasteiger partial charge is 0.320 e. The third-order valence-electron chi connectivity index (χ3n) is 5.73. The Kier molecular flexibility index (Phi) is 16.7. The molecule has 0 aromatic rings. The summed E-state index contributed by atoms with van der Waals surface area (Å²) < 4.78 is 27.7. The van der Waals surface area contributed by atoms with Crippen LogP contribution in [0.5, 0.6) is 0 Å². The molecule has 0 heterocycles. The van der Waals surface area contributed by atoms with E-state index in [1.54, 1.807) is 121 Å². The number of hydrogen-bond donors (Lipinski definition) is 0. The van der Waals surface area contributed by atoms with Crippen LogP contribution in [-0.2, 0) is 47.7 Å². The van der Waals surface area contributed by atoms with E-state index in [0.29, 0.717) is 0 Å². The molecule has 0 saturated heterocycles. The highest BCUT2D eigenvalue weighted by atomic mass is 16.6. The monoisotopic (exact) mass is 686 g/mol. The van der Waals surface area contributed by atoms with Crippen molar-refractivity contribution in [1.82, 2.24) is 14.7 Å². The summed E-state index contributed by atoms with van der Waals surface area (Å²) in [5.74, 6) is -2.91. The van der Waals surface area contributed by atoms with E-state index in [9.17, 15) is 24.0 Å². The van der Waals surface area contributed by atoms with Gasteiger partial charge in [-0.1, -0.05) is 0 Å². The summed E-state index contributed by atoms with van der Waals surface area (Å²) in [5, 5.41) is 0. The minimum absolute atomic E-state index is 0.0537. The largest absolute Gasteiger partial charge is 0.459 e. The van der Waals surface area contributed by atoms with E-state index in [-0.39, 0.29) is 39.3 Å². The fourth-order valence-corrected chi connectivity index (χ4v) is 4.31. The van der Waals surface area contributed by atoms with Gasteiger partial charge in [0.1, 0.15) is 28.0 Å². The van der Waals surface area contributed by atoms with Gasteiger partial charge in [0.05, 0.1) is 38.9 Å². The second kappa shape index (κ2) is 17.8. The number of nitrogens with zero attached hydrogens (tertiary/aromatic N) is 3. The lowest BCUT2D eigenvalue weighted by Gasteiger charge is -2.40. The molecule has 0 aliphatic carbocycles. The third kappa shape index (κ3) is 22.7. The zero-order valence-corrected chi connectivity index (χ0v) is 32.5. The molecule has 279 valence electrons. The average molecular weight is 687 g/mol. The van der Waals surface area contributed by atoms with Gasteiger partial charge in [-0.25, -0.2) is 0 Å². The second-order valence-electron chi connectivity index (χ2n) is 17.0. The fourth-order valence-electron chi connectivity index (χ4n) is 4.31. The predicted octanol–water partition coefficient (Wildman–Crippen LogP) is 4.15. The van der Waals surface area contributed by atoms with Crippen LogP contribution in [0.15, 0.2) is 0 Å². The van der Waals surface area contributed by atoms with Crippen molar-refractivity contribution in [3.63, 3.8) is 0 Å². The van der Waals surface area contributed by atoms with E-state index in [4.69, 9.17) is 23.7 Å². The van der Waals surface area contributed by atoms with Crippen LogP contribution in [0, 0.1) is 6.92 Å². The quantitative estimate of drug-likeness (QED) is 0.139. The molecule has 0 fully saturated rings. The van der Waals surface area contributed by atoms with Crippen LogP contribution in [-0.4, -0.2) is 124 Å². The Morgan fingerprint density at radius 3 is 0.875 bits per heavy atom. The molecule has 0 aromatic carbocycles. The molecule has 0 N–H and O–H groups in total. The maximum absolute atomic E-state index is 13.2. The predicted molar refractivity (Wildman–Crippen MR) is 183 cm³/mol. The molecular weight excluding hydrogens is 622 g/mol. The number of esters is 5. The molecule has 13 nitrogen and oxygen atoms in total. The Morgan fingerprint density at radius 2 is 0.646 bits per heavy atom. The normalized spacial score (nSPS) is 14.4. The molecule has 0 aliphatic heterocycles. The fraction of sp³-hybridized carbons (Fsp3) is 0.829. The summed E-state index contributed by atoms with van der Waals surface area (Å²) in [4.78, 5) is 69.7. The summed E-state index contributed by atoms with van der Waals surface area (Å²) in [6.07, 6.45) is -0.968. The standard InChI is InChI=1S/C35H64N3O10/c1-24(36(19-26(39)44-31(3,4)5)20-27(40)45-32(6,7)8)18-37(21-28(41)46-33(9,10)11)25(2)38(22-29(42)47-34(12,13)14)23-30(43)48-35(15,16)17/h24-25H,2,18-23H2,1,3-17H3. The van der Waals surface area contributed by atoms with Crippen LogP contribution in [0.2, 0.25) is 0 Å². The Morgan fingerprint density at radius 1 is 0.438 bits per heavy atom. The number of rotatable bonds is 15. The van der Waals surface area contributed by atoms with Crippen molar-refractivity contribution >= 4 is 29.8 Å². The SMILES string of the molecule is [CH2]C(N(CC(=O)OC(C)(C)C)CC(=O)OC(C)(C)C)N(CC(=O)OC(C)(C)C)CC(C)N(CC(=O)OC(C)(C)C)CC(=O)OC(C)(C)C. The lowest BCUT2D eigenvalue weighted by molar-refractivity contribution is -0.166. The molecule has 13 heteroatoms. The van der Waals surface area contributed by atoms with Crippen molar-refractivity contribution in [2.75, 3.05) is 39.3 Å².